The lowest BCUT2D eigenvalue weighted by Gasteiger charge is -2.41. The number of piperidine rings is 1. The summed E-state index contributed by atoms with van der Waals surface area (Å²) in [5.41, 5.74) is 0.164. The molecule has 10 heteroatoms. The fraction of sp³-hybridized carbons (Fsp3) is 0.769. The normalized spacial score (nSPS) is 22.9. The summed E-state index contributed by atoms with van der Waals surface area (Å²) in [7, 11) is -3.23. The summed E-state index contributed by atoms with van der Waals surface area (Å²) in [4.78, 5) is 14.1. The van der Waals surface area contributed by atoms with E-state index in [1.165, 1.54) is 10.6 Å². The molecule has 0 atom stereocenters. The van der Waals surface area contributed by atoms with Crippen molar-refractivity contribution < 1.29 is 17.9 Å². The minimum absolute atomic E-state index is 0.108. The molecule has 2 aliphatic heterocycles. The number of likely N-dealkylation sites (tertiary alicyclic amines) is 1. The molecule has 0 aromatic carbocycles. The Labute approximate surface area is 139 Å². The lowest BCUT2D eigenvalue weighted by Crippen LogP contribution is -2.49. The van der Waals surface area contributed by atoms with Crippen molar-refractivity contribution in [3.05, 3.63) is 11.1 Å². The quantitative estimate of drug-likeness (QED) is 0.740. The molecule has 23 heavy (non-hydrogen) atoms. The van der Waals surface area contributed by atoms with Crippen LogP contribution in [0.3, 0.4) is 0 Å². The standard InChI is InChI=1S/C13H20N4O4S2/c1-23(19,20)17-6-7-21-10-13(9-17)2-4-16(5-3-13)12(18)11-8-22-15-14-11/h8H,2-7,9-10H2,1H3. The summed E-state index contributed by atoms with van der Waals surface area (Å²) in [5, 5.41) is 5.47. The third-order valence-corrected chi connectivity index (χ3v) is 6.32. The zero-order valence-corrected chi connectivity index (χ0v) is 14.6. The van der Waals surface area contributed by atoms with E-state index < -0.39 is 10.0 Å². The molecule has 2 saturated heterocycles. The molecular weight excluding hydrogens is 340 g/mol. The van der Waals surface area contributed by atoms with Crippen LogP contribution in [0.25, 0.3) is 0 Å². The lowest BCUT2D eigenvalue weighted by molar-refractivity contribution is 0.0177. The van der Waals surface area contributed by atoms with Gasteiger partial charge in [0.25, 0.3) is 5.91 Å². The third-order valence-electron chi connectivity index (χ3n) is 4.56. The Kier molecular flexibility index (Phi) is 4.68. The van der Waals surface area contributed by atoms with E-state index in [-0.39, 0.29) is 11.3 Å². The van der Waals surface area contributed by atoms with Gasteiger partial charge in [-0.1, -0.05) is 4.49 Å². The molecule has 3 heterocycles. The highest BCUT2D eigenvalue weighted by Crippen LogP contribution is 2.35. The Hall–Kier alpha value is -1.10. The van der Waals surface area contributed by atoms with E-state index in [1.807, 2.05) is 0 Å². The van der Waals surface area contributed by atoms with E-state index in [4.69, 9.17) is 4.74 Å². The van der Waals surface area contributed by atoms with E-state index in [9.17, 15) is 13.2 Å². The highest BCUT2D eigenvalue weighted by atomic mass is 32.2. The van der Waals surface area contributed by atoms with E-state index in [1.54, 1.807) is 10.3 Å². The number of hydrogen-bond donors (Lipinski definition) is 0. The molecule has 2 aliphatic rings. The van der Waals surface area contributed by atoms with Gasteiger partial charge in [-0.05, 0) is 24.4 Å². The van der Waals surface area contributed by atoms with Gasteiger partial charge < -0.3 is 9.64 Å². The summed E-state index contributed by atoms with van der Waals surface area (Å²) >= 11 is 1.16. The molecule has 0 unspecified atom stereocenters. The molecule has 1 spiro atoms. The van der Waals surface area contributed by atoms with E-state index >= 15 is 0 Å². The molecule has 128 valence electrons. The number of carbonyl (C=O) groups excluding carboxylic acids is 1. The minimum Gasteiger partial charge on any atom is -0.379 e. The first kappa shape index (κ1) is 16.7. The van der Waals surface area contributed by atoms with Crippen LogP contribution in [0, 0.1) is 5.41 Å². The van der Waals surface area contributed by atoms with Crippen molar-refractivity contribution in [1.82, 2.24) is 18.8 Å². The number of ether oxygens (including phenoxy) is 1. The van der Waals surface area contributed by atoms with E-state index in [2.05, 4.69) is 9.59 Å². The van der Waals surface area contributed by atoms with Gasteiger partial charge in [-0.25, -0.2) is 8.42 Å². The van der Waals surface area contributed by atoms with Crippen molar-refractivity contribution in [2.45, 2.75) is 12.8 Å². The Bertz CT molecular complexity index is 654. The number of aromatic nitrogens is 2. The van der Waals surface area contributed by atoms with Gasteiger partial charge >= 0.3 is 0 Å². The van der Waals surface area contributed by atoms with Gasteiger partial charge in [0.15, 0.2) is 5.69 Å². The van der Waals surface area contributed by atoms with Crippen LogP contribution in [-0.4, -0.2) is 78.8 Å². The zero-order chi connectivity index (χ0) is 16.5. The van der Waals surface area contributed by atoms with E-state index in [0.29, 0.717) is 45.1 Å². The minimum atomic E-state index is -3.23. The molecule has 0 N–H and O–H groups in total. The SMILES string of the molecule is CS(=O)(=O)N1CCOCC2(CCN(C(=O)c3csnn3)CC2)C1. The number of sulfonamides is 1. The second-order valence-corrected chi connectivity index (χ2v) is 8.82. The monoisotopic (exact) mass is 360 g/mol. The Morgan fingerprint density at radius 2 is 2.09 bits per heavy atom. The molecule has 8 nitrogen and oxygen atoms in total. The number of hydrogen-bond acceptors (Lipinski definition) is 7. The van der Waals surface area contributed by atoms with Gasteiger partial charge in [0, 0.05) is 37.0 Å². The van der Waals surface area contributed by atoms with Crippen molar-refractivity contribution in [3.8, 4) is 0 Å². The van der Waals surface area contributed by atoms with Crippen LogP contribution in [0.5, 0.6) is 0 Å². The predicted octanol–water partition coefficient (Wildman–Crippen LogP) is 0.0523. The number of carbonyl (C=O) groups is 1. The Morgan fingerprint density at radius 3 is 2.70 bits per heavy atom. The smallest absolute Gasteiger partial charge is 0.275 e. The Balaban J connectivity index is 1.68. The average Bonchev–Trinajstić information content (AvgIpc) is 2.96. The van der Waals surface area contributed by atoms with Gasteiger partial charge in [0.2, 0.25) is 10.0 Å². The van der Waals surface area contributed by atoms with Crippen LogP contribution in [0.1, 0.15) is 23.3 Å². The molecule has 0 aliphatic carbocycles. The average molecular weight is 360 g/mol. The third kappa shape index (κ3) is 3.70. The first-order chi connectivity index (χ1) is 10.9. The number of rotatable bonds is 2. The van der Waals surface area contributed by atoms with Crippen molar-refractivity contribution in [2.24, 2.45) is 5.41 Å². The maximum Gasteiger partial charge on any atom is 0.275 e. The number of nitrogens with zero attached hydrogens (tertiary/aromatic N) is 4. The maximum atomic E-state index is 12.3. The number of amides is 1. The second-order valence-electron chi connectivity index (χ2n) is 6.23. The largest absolute Gasteiger partial charge is 0.379 e. The maximum absolute atomic E-state index is 12.3. The molecule has 1 amide bonds. The highest BCUT2D eigenvalue weighted by molar-refractivity contribution is 7.88. The van der Waals surface area contributed by atoms with Crippen molar-refractivity contribution in [1.29, 1.82) is 0 Å². The summed E-state index contributed by atoms with van der Waals surface area (Å²) in [5.74, 6) is -0.108. The van der Waals surface area contributed by atoms with E-state index in [0.717, 1.165) is 24.4 Å². The highest BCUT2D eigenvalue weighted by Gasteiger charge is 2.41. The van der Waals surface area contributed by atoms with Crippen LogP contribution in [0.4, 0.5) is 0 Å². The molecule has 1 aromatic heterocycles. The molecule has 1 aromatic rings. The van der Waals surface area contributed by atoms with Gasteiger partial charge in [0.05, 0.1) is 19.5 Å². The van der Waals surface area contributed by atoms with Crippen LogP contribution in [0.2, 0.25) is 0 Å². The van der Waals surface area contributed by atoms with Crippen LogP contribution < -0.4 is 0 Å². The first-order valence-corrected chi connectivity index (χ1v) is 10.2. The van der Waals surface area contributed by atoms with Crippen LogP contribution in [0.15, 0.2) is 5.38 Å². The topological polar surface area (TPSA) is 92.7 Å². The molecule has 0 saturated carbocycles. The van der Waals surface area contributed by atoms with Crippen molar-refractivity contribution in [2.75, 3.05) is 45.6 Å². The summed E-state index contributed by atoms with van der Waals surface area (Å²) < 4.78 is 34.6. The van der Waals surface area contributed by atoms with Gasteiger partial charge in [-0.15, -0.1) is 5.10 Å². The Morgan fingerprint density at radius 1 is 1.35 bits per heavy atom. The van der Waals surface area contributed by atoms with Gasteiger partial charge in [-0.2, -0.15) is 4.31 Å². The molecule has 0 radical (unpaired) electrons. The fourth-order valence-electron chi connectivity index (χ4n) is 3.14. The summed E-state index contributed by atoms with van der Waals surface area (Å²) in [6.07, 6.45) is 2.69. The molecule has 3 rings (SSSR count). The first-order valence-electron chi connectivity index (χ1n) is 7.49. The second kappa shape index (κ2) is 6.42. The predicted molar refractivity (Wildman–Crippen MR) is 84.7 cm³/mol. The van der Waals surface area contributed by atoms with Gasteiger partial charge in [-0.3, -0.25) is 4.79 Å². The summed E-state index contributed by atoms with van der Waals surface area (Å²) in [6.45, 7) is 2.98. The molecule has 2 fully saturated rings. The zero-order valence-electron chi connectivity index (χ0n) is 13.0. The van der Waals surface area contributed by atoms with Gasteiger partial charge in [0.1, 0.15) is 0 Å². The molecular formula is C13H20N4O4S2. The van der Waals surface area contributed by atoms with Crippen molar-refractivity contribution in [3.63, 3.8) is 0 Å². The molecule has 0 bridgehead atoms. The fourth-order valence-corrected chi connectivity index (χ4v) is 4.49. The van der Waals surface area contributed by atoms with Crippen molar-refractivity contribution >= 4 is 27.5 Å². The van der Waals surface area contributed by atoms with Crippen LogP contribution >= 0.6 is 11.5 Å². The lowest BCUT2D eigenvalue weighted by atomic mass is 9.79. The summed E-state index contributed by atoms with van der Waals surface area (Å²) in [6, 6.07) is 0. The van der Waals surface area contributed by atoms with Crippen LogP contribution in [-0.2, 0) is 14.8 Å².